The maximum Gasteiger partial charge on any atom is 0.114 e. The summed E-state index contributed by atoms with van der Waals surface area (Å²) in [6, 6.07) is 0. The van der Waals surface area contributed by atoms with Crippen molar-refractivity contribution >= 4 is 0 Å². The van der Waals surface area contributed by atoms with Gasteiger partial charge in [-0.05, 0) is 32.1 Å². The summed E-state index contributed by atoms with van der Waals surface area (Å²) in [7, 11) is 0. The van der Waals surface area contributed by atoms with Crippen LogP contribution < -0.4 is 0 Å². The SMILES string of the molecule is CCCCCC/C=C/CCCCCCCCCCOC[C@@H](O)[C@@H]1OC[C@H](O)[C@@H]1O. The molecule has 0 unspecified atom stereocenters. The van der Waals surface area contributed by atoms with Gasteiger partial charge in [0.15, 0.2) is 0 Å². The highest BCUT2D eigenvalue weighted by atomic mass is 16.5. The summed E-state index contributed by atoms with van der Waals surface area (Å²) in [4.78, 5) is 0. The molecular formula is C24H46O5. The Bertz CT molecular complexity index is 387. The van der Waals surface area contributed by atoms with Crippen LogP contribution in [0.3, 0.4) is 0 Å². The molecule has 0 aromatic carbocycles. The van der Waals surface area contributed by atoms with Gasteiger partial charge in [-0.15, -0.1) is 0 Å². The molecule has 1 heterocycles. The molecule has 1 fully saturated rings. The van der Waals surface area contributed by atoms with Gasteiger partial charge in [0, 0.05) is 6.61 Å². The Morgan fingerprint density at radius 1 is 0.862 bits per heavy atom. The van der Waals surface area contributed by atoms with E-state index < -0.39 is 24.4 Å². The summed E-state index contributed by atoms with van der Waals surface area (Å²) in [6.07, 6.45) is 19.0. The molecule has 0 spiro atoms. The number of hydrogen-bond donors (Lipinski definition) is 3. The number of hydrogen-bond acceptors (Lipinski definition) is 5. The quantitative estimate of drug-likeness (QED) is 0.214. The lowest BCUT2D eigenvalue weighted by atomic mass is 10.1. The third-order valence-electron chi connectivity index (χ3n) is 5.66. The average molecular weight is 415 g/mol. The van der Waals surface area contributed by atoms with Gasteiger partial charge in [0.05, 0.1) is 13.2 Å². The van der Waals surface area contributed by atoms with Crippen LogP contribution in [-0.2, 0) is 9.47 Å². The lowest BCUT2D eigenvalue weighted by molar-refractivity contribution is -0.0813. The molecular weight excluding hydrogens is 368 g/mol. The third-order valence-corrected chi connectivity index (χ3v) is 5.66. The predicted molar refractivity (Wildman–Crippen MR) is 118 cm³/mol. The summed E-state index contributed by atoms with van der Waals surface area (Å²) in [5.74, 6) is 0. The van der Waals surface area contributed by atoms with Gasteiger partial charge >= 0.3 is 0 Å². The number of aliphatic hydroxyl groups excluding tert-OH is 3. The smallest absolute Gasteiger partial charge is 0.114 e. The highest BCUT2D eigenvalue weighted by molar-refractivity contribution is 4.87. The van der Waals surface area contributed by atoms with Crippen LogP contribution >= 0.6 is 0 Å². The number of allylic oxidation sites excluding steroid dienone is 2. The Labute approximate surface area is 178 Å². The molecule has 5 nitrogen and oxygen atoms in total. The van der Waals surface area contributed by atoms with E-state index in [-0.39, 0.29) is 13.2 Å². The van der Waals surface area contributed by atoms with Crippen LogP contribution in [0.2, 0.25) is 0 Å². The van der Waals surface area contributed by atoms with Gasteiger partial charge in [0.1, 0.15) is 24.4 Å². The highest BCUT2D eigenvalue weighted by Crippen LogP contribution is 2.18. The van der Waals surface area contributed by atoms with E-state index in [0.29, 0.717) is 6.61 Å². The van der Waals surface area contributed by atoms with Gasteiger partial charge in [-0.3, -0.25) is 0 Å². The van der Waals surface area contributed by atoms with Crippen LogP contribution in [-0.4, -0.2) is 59.6 Å². The number of ether oxygens (including phenoxy) is 2. The molecule has 29 heavy (non-hydrogen) atoms. The molecule has 4 atom stereocenters. The topological polar surface area (TPSA) is 79.2 Å². The molecule has 1 aliphatic heterocycles. The lowest BCUT2D eigenvalue weighted by Gasteiger charge is -2.20. The Morgan fingerprint density at radius 2 is 1.41 bits per heavy atom. The fourth-order valence-corrected chi connectivity index (χ4v) is 3.72. The largest absolute Gasteiger partial charge is 0.388 e. The van der Waals surface area contributed by atoms with Crippen molar-refractivity contribution in [2.45, 2.75) is 121 Å². The van der Waals surface area contributed by atoms with Gasteiger partial charge in [0.2, 0.25) is 0 Å². The molecule has 0 aromatic heterocycles. The second-order valence-corrected chi connectivity index (χ2v) is 8.44. The first-order chi connectivity index (χ1) is 14.2. The van der Waals surface area contributed by atoms with Crippen molar-refractivity contribution in [3.8, 4) is 0 Å². The van der Waals surface area contributed by atoms with Crippen molar-refractivity contribution in [3.63, 3.8) is 0 Å². The molecule has 0 amide bonds. The second kappa shape index (κ2) is 18.3. The van der Waals surface area contributed by atoms with E-state index in [1.54, 1.807) is 0 Å². The first kappa shape index (κ1) is 26.6. The Balaban J connectivity index is 1.77. The molecule has 0 radical (unpaired) electrons. The summed E-state index contributed by atoms with van der Waals surface area (Å²) in [6.45, 7) is 3.08. The Hall–Kier alpha value is -0.460. The highest BCUT2D eigenvalue weighted by Gasteiger charge is 2.39. The first-order valence-corrected chi connectivity index (χ1v) is 12.0. The molecule has 0 aromatic rings. The molecule has 3 N–H and O–H groups in total. The fraction of sp³-hybridized carbons (Fsp3) is 0.917. The van der Waals surface area contributed by atoms with E-state index in [0.717, 1.165) is 12.8 Å². The number of rotatable bonds is 19. The normalized spacial score (nSPS) is 23.2. The minimum atomic E-state index is -1.03. The van der Waals surface area contributed by atoms with E-state index in [4.69, 9.17) is 9.47 Å². The Morgan fingerprint density at radius 3 is 1.97 bits per heavy atom. The number of unbranched alkanes of at least 4 members (excludes halogenated alkanes) is 12. The summed E-state index contributed by atoms with van der Waals surface area (Å²) in [5, 5.41) is 29.0. The zero-order chi connectivity index (χ0) is 21.2. The van der Waals surface area contributed by atoms with Crippen molar-refractivity contribution in [1.82, 2.24) is 0 Å². The van der Waals surface area contributed by atoms with Crippen molar-refractivity contribution in [1.29, 1.82) is 0 Å². The molecule has 1 rings (SSSR count). The Kier molecular flexibility index (Phi) is 16.8. The average Bonchev–Trinajstić information content (AvgIpc) is 3.05. The van der Waals surface area contributed by atoms with Crippen LogP contribution in [0.5, 0.6) is 0 Å². The van der Waals surface area contributed by atoms with Crippen molar-refractivity contribution in [3.05, 3.63) is 12.2 Å². The molecule has 172 valence electrons. The van der Waals surface area contributed by atoms with E-state index in [1.807, 2.05) is 0 Å². The third kappa shape index (κ3) is 13.5. The maximum atomic E-state index is 9.95. The summed E-state index contributed by atoms with van der Waals surface area (Å²) in [5.41, 5.74) is 0. The fourth-order valence-electron chi connectivity index (χ4n) is 3.72. The minimum Gasteiger partial charge on any atom is -0.388 e. The lowest BCUT2D eigenvalue weighted by Crippen LogP contribution is -2.40. The van der Waals surface area contributed by atoms with E-state index in [1.165, 1.54) is 77.0 Å². The molecule has 0 aliphatic carbocycles. The van der Waals surface area contributed by atoms with E-state index in [9.17, 15) is 15.3 Å². The first-order valence-electron chi connectivity index (χ1n) is 12.0. The number of aliphatic hydroxyl groups is 3. The second-order valence-electron chi connectivity index (χ2n) is 8.44. The monoisotopic (exact) mass is 414 g/mol. The van der Waals surface area contributed by atoms with Crippen LogP contribution in [0.25, 0.3) is 0 Å². The maximum absolute atomic E-state index is 9.95. The predicted octanol–water partition coefficient (Wildman–Crippen LogP) is 4.52. The zero-order valence-corrected chi connectivity index (χ0v) is 18.6. The molecule has 1 saturated heterocycles. The van der Waals surface area contributed by atoms with Crippen molar-refractivity contribution in [2.75, 3.05) is 19.8 Å². The molecule has 0 saturated carbocycles. The van der Waals surface area contributed by atoms with Crippen LogP contribution in [0, 0.1) is 0 Å². The standard InChI is InChI=1S/C24H46O5/c1-2-3-4-5-6-7-8-9-10-11-12-13-14-15-16-17-18-28-19-22(26)24-23(27)21(25)20-29-24/h7-8,21-27H,2-6,9-20H2,1H3/b8-7+/t21-,22+,23-,24-/m0/s1. The van der Waals surface area contributed by atoms with Crippen molar-refractivity contribution in [2.24, 2.45) is 0 Å². The van der Waals surface area contributed by atoms with E-state index >= 15 is 0 Å². The zero-order valence-electron chi connectivity index (χ0n) is 18.6. The summed E-state index contributed by atoms with van der Waals surface area (Å²) < 4.78 is 10.7. The molecule has 0 bridgehead atoms. The van der Waals surface area contributed by atoms with E-state index in [2.05, 4.69) is 19.1 Å². The van der Waals surface area contributed by atoms with Crippen molar-refractivity contribution < 1.29 is 24.8 Å². The molecule has 1 aliphatic rings. The molecule has 5 heteroatoms. The minimum absolute atomic E-state index is 0.0682. The van der Waals surface area contributed by atoms with Crippen LogP contribution in [0.4, 0.5) is 0 Å². The van der Waals surface area contributed by atoms with Crippen LogP contribution in [0.15, 0.2) is 12.2 Å². The van der Waals surface area contributed by atoms with Gasteiger partial charge in [-0.1, -0.05) is 76.9 Å². The van der Waals surface area contributed by atoms with Gasteiger partial charge < -0.3 is 24.8 Å². The van der Waals surface area contributed by atoms with Gasteiger partial charge in [-0.2, -0.15) is 0 Å². The van der Waals surface area contributed by atoms with Gasteiger partial charge in [0.25, 0.3) is 0 Å². The van der Waals surface area contributed by atoms with Gasteiger partial charge in [-0.25, -0.2) is 0 Å². The van der Waals surface area contributed by atoms with Crippen LogP contribution in [0.1, 0.15) is 96.8 Å². The summed E-state index contributed by atoms with van der Waals surface area (Å²) >= 11 is 0.